The summed E-state index contributed by atoms with van der Waals surface area (Å²) < 4.78 is 88.1. The fraction of sp³-hybridized carbons (Fsp3) is 0.200. The predicted octanol–water partition coefficient (Wildman–Crippen LogP) is 10.6. The van der Waals surface area contributed by atoms with Crippen LogP contribution in [-0.2, 0) is 10.8 Å². The Kier molecular flexibility index (Phi) is 11.5. The summed E-state index contributed by atoms with van der Waals surface area (Å²) >= 11 is 23.8. The van der Waals surface area contributed by atoms with E-state index in [0.717, 1.165) is 6.21 Å². The number of rotatable bonds is 6. The lowest BCUT2D eigenvalue weighted by Gasteiger charge is -2.31. The standard InChI is InChI=1S/2C20H12Cl2F3N5/c2*21-15-4-14(5-16(22)6-15)19(20(23,24)25)7-17(28-9-19)12-1-2-18(13(3-12)8-26)30-11-27-10-29-30/h1-6,10-11H,7,9H2;1-6,9-11,17H,7H2. The fourth-order valence-corrected chi connectivity index (χ4v) is 8.16. The Morgan fingerprint density at radius 1 is 0.667 bits per heavy atom. The Balaban J connectivity index is 0.000000181. The van der Waals surface area contributed by atoms with Crippen molar-refractivity contribution in [2.24, 2.45) is 9.98 Å². The summed E-state index contributed by atoms with van der Waals surface area (Å²) in [4.78, 5) is 16.0. The topological polar surface area (TPSA) is 134 Å². The SMILES string of the molecule is N#Cc1cc(C2=NCC(c3cc(Cl)cc(Cl)c3)(C(F)(F)F)C2)ccc1-n1cncn1.N#Cc1cc(C2CC(c3cc(Cl)cc(Cl)c3)(C(F)(F)F)C=N2)ccc1-n1cncn1. The summed E-state index contributed by atoms with van der Waals surface area (Å²) in [7, 11) is 0. The molecular weight excluding hydrogens is 876 g/mol. The number of nitrogens with zero attached hydrogens (tertiary/aromatic N) is 10. The van der Waals surface area contributed by atoms with Crippen LogP contribution in [0.3, 0.4) is 0 Å². The van der Waals surface area contributed by atoms with Crippen LogP contribution in [0.4, 0.5) is 26.3 Å². The van der Waals surface area contributed by atoms with E-state index >= 15 is 0 Å². The molecule has 8 rings (SSSR count). The van der Waals surface area contributed by atoms with E-state index in [9.17, 15) is 36.9 Å². The van der Waals surface area contributed by atoms with Crippen molar-refractivity contribution in [3.05, 3.63) is 152 Å². The van der Waals surface area contributed by atoms with Crippen molar-refractivity contribution < 1.29 is 26.3 Å². The molecule has 0 saturated heterocycles. The average molecular weight is 901 g/mol. The zero-order chi connectivity index (χ0) is 43.0. The second-order valence-corrected chi connectivity index (χ2v) is 15.5. The first kappa shape index (κ1) is 42.3. The largest absolute Gasteiger partial charge is 0.403 e. The van der Waals surface area contributed by atoms with Crippen molar-refractivity contribution in [1.29, 1.82) is 10.5 Å². The zero-order valence-corrected chi connectivity index (χ0v) is 33.3. The summed E-state index contributed by atoms with van der Waals surface area (Å²) in [6.45, 7) is -0.491. The van der Waals surface area contributed by atoms with Crippen LogP contribution < -0.4 is 0 Å². The van der Waals surface area contributed by atoms with Gasteiger partial charge in [0.15, 0.2) is 0 Å². The van der Waals surface area contributed by atoms with E-state index < -0.39 is 35.8 Å². The molecule has 0 bridgehead atoms. The fourth-order valence-electron chi connectivity index (χ4n) is 7.11. The van der Waals surface area contributed by atoms with E-state index in [0.29, 0.717) is 22.5 Å². The van der Waals surface area contributed by atoms with Crippen LogP contribution in [0.1, 0.15) is 52.3 Å². The summed E-state index contributed by atoms with van der Waals surface area (Å²) in [5.41, 5.74) is -2.04. The first-order valence-electron chi connectivity index (χ1n) is 17.4. The number of alkyl halides is 6. The van der Waals surface area contributed by atoms with E-state index in [2.05, 4.69) is 30.2 Å². The van der Waals surface area contributed by atoms with Gasteiger partial charge in [0.2, 0.25) is 0 Å². The van der Waals surface area contributed by atoms with Gasteiger partial charge in [-0.3, -0.25) is 9.98 Å². The van der Waals surface area contributed by atoms with Crippen LogP contribution in [0.15, 0.2) is 108 Å². The molecule has 0 N–H and O–H groups in total. The predicted molar refractivity (Wildman–Crippen MR) is 212 cm³/mol. The second kappa shape index (κ2) is 16.3. The van der Waals surface area contributed by atoms with E-state index in [4.69, 9.17) is 46.4 Å². The molecule has 3 atom stereocenters. The highest BCUT2D eigenvalue weighted by molar-refractivity contribution is 6.35. The quantitative estimate of drug-likeness (QED) is 0.153. The lowest BCUT2D eigenvalue weighted by Crippen LogP contribution is -2.43. The van der Waals surface area contributed by atoms with E-state index in [1.165, 1.54) is 83.2 Å². The van der Waals surface area contributed by atoms with Gasteiger partial charge < -0.3 is 0 Å². The van der Waals surface area contributed by atoms with Gasteiger partial charge in [-0.1, -0.05) is 58.5 Å². The van der Waals surface area contributed by atoms with Crippen LogP contribution in [-0.4, -0.2) is 60.4 Å². The van der Waals surface area contributed by atoms with Crippen LogP contribution in [0, 0.1) is 22.7 Å². The molecular formula is C40H24Cl4F6N10. The lowest BCUT2D eigenvalue weighted by molar-refractivity contribution is -0.183. The second-order valence-electron chi connectivity index (χ2n) is 13.7. The van der Waals surface area contributed by atoms with Gasteiger partial charge in [0.05, 0.1) is 35.1 Å². The monoisotopic (exact) mass is 898 g/mol. The summed E-state index contributed by atoms with van der Waals surface area (Å²) in [6, 6.07) is 20.6. The Labute approximate surface area is 357 Å². The number of aromatic nitrogens is 6. The molecule has 60 heavy (non-hydrogen) atoms. The maximum atomic E-state index is 14.2. The number of aliphatic imine (C=N–C) groups is 2. The molecule has 0 spiro atoms. The normalized spacial score (nSPS) is 19.9. The number of hydrogen-bond acceptors (Lipinski definition) is 8. The molecule has 2 aromatic heterocycles. The van der Waals surface area contributed by atoms with Crippen molar-refractivity contribution in [3.8, 4) is 23.5 Å². The highest BCUT2D eigenvalue weighted by atomic mass is 35.5. The molecule has 3 unspecified atom stereocenters. The molecule has 0 amide bonds. The van der Waals surface area contributed by atoms with Gasteiger partial charge in [-0.15, -0.1) is 0 Å². The molecule has 10 nitrogen and oxygen atoms in total. The van der Waals surface area contributed by atoms with Crippen LogP contribution >= 0.6 is 46.4 Å². The Bertz CT molecular complexity index is 2680. The number of benzene rings is 4. The third-order valence-electron chi connectivity index (χ3n) is 10.1. The highest BCUT2D eigenvalue weighted by Crippen LogP contribution is 2.52. The molecule has 2 aliphatic heterocycles. The van der Waals surface area contributed by atoms with E-state index in [-0.39, 0.29) is 60.9 Å². The third kappa shape index (κ3) is 8.08. The van der Waals surface area contributed by atoms with Crippen molar-refractivity contribution >= 4 is 58.3 Å². The number of halogens is 10. The molecule has 6 aromatic rings. The summed E-state index contributed by atoms with van der Waals surface area (Å²) in [6.07, 6.45) is -3.52. The minimum atomic E-state index is -4.61. The Morgan fingerprint density at radius 2 is 1.20 bits per heavy atom. The Hall–Kier alpha value is -5.78. The van der Waals surface area contributed by atoms with Gasteiger partial charge in [-0.05, 0) is 89.3 Å². The van der Waals surface area contributed by atoms with Gasteiger partial charge in [0.1, 0.15) is 48.3 Å². The summed E-state index contributed by atoms with van der Waals surface area (Å²) in [5, 5.41) is 27.4. The summed E-state index contributed by atoms with van der Waals surface area (Å²) in [5.74, 6) is 0. The molecule has 0 radical (unpaired) electrons. The minimum absolute atomic E-state index is 0.0361. The van der Waals surface area contributed by atoms with Crippen molar-refractivity contribution in [1.82, 2.24) is 29.5 Å². The third-order valence-corrected chi connectivity index (χ3v) is 11.0. The average Bonchev–Trinajstić information content (AvgIpc) is 4.04. The number of nitriles is 2. The van der Waals surface area contributed by atoms with Gasteiger partial charge in [0, 0.05) is 38.4 Å². The van der Waals surface area contributed by atoms with Crippen LogP contribution in [0.25, 0.3) is 11.4 Å². The molecule has 4 aromatic carbocycles. The van der Waals surface area contributed by atoms with Crippen molar-refractivity contribution in [2.75, 3.05) is 6.54 Å². The molecule has 0 saturated carbocycles. The minimum Gasteiger partial charge on any atom is -0.288 e. The maximum absolute atomic E-state index is 14.2. The van der Waals surface area contributed by atoms with Gasteiger partial charge >= 0.3 is 12.4 Å². The van der Waals surface area contributed by atoms with E-state index in [1.54, 1.807) is 24.3 Å². The Morgan fingerprint density at radius 3 is 1.70 bits per heavy atom. The van der Waals surface area contributed by atoms with Gasteiger partial charge in [-0.25, -0.2) is 19.3 Å². The smallest absolute Gasteiger partial charge is 0.288 e. The first-order chi connectivity index (χ1) is 28.5. The lowest BCUT2D eigenvalue weighted by atomic mass is 9.76. The molecule has 0 aliphatic carbocycles. The van der Waals surface area contributed by atoms with Gasteiger partial charge in [-0.2, -0.15) is 47.1 Å². The maximum Gasteiger partial charge on any atom is 0.403 e. The number of hydrogen-bond donors (Lipinski definition) is 0. The molecule has 4 heterocycles. The van der Waals surface area contributed by atoms with Crippen LogP contribution in [0.2, 0.25) is 20.1 Å². The van der Waals surface area contributed by atoms with Crippen LogP contribution in [0.5, 0.6) is 0 Å². The van der Waals surface area contributed by atoms with Crippen molar-refractivity contribution in [2.45, 2.75) is 42.1 Å². The molecule has 2 aliphatic rings. The zero-order valence-electron chi connectivity index (χ0n) is 30.3. The van der Waals surface area contributed by atoms with E-state index in [1.807, 2.05) is 12.1 Å². The molecule has 20 heteroatoms. The first-order valence-corrected chi connectivity index (χ1v) is 18.9. The van der Waals surface area contributed by atoms with Crippen molar-refractivity contribution in [3.63, 3.8) is 0 Å². The highest BCUT2D eigenvalue weighted by Gasteiger charge is 2.59. The van der Waals surface area contributed by atoms with Gasteiger partial charge in [0.25, 0.3) is 0 Å². The molecule has 0 fully saturated rings. The molecule has 304 valence electrons.